The molecule has 8 heteroatoms. The molecule has 1 aliphatic rings. The molecule has 1 aromatic heterocycles. The van der Waals surface area contributed by atoms with Crippen molar-refractivity contribution in [2.75, 3.05) is 18.4 Å². The molecule has 1 atom stereocenters. The maximum Gasteiger partial charge on any atom is 0.321 e. The highest BCUT2D eigenvalue weighted by Crippen LogP contribution is 2.18. The highest BCUT2D eigenvalue weighted by atomic mass is 16.3. The fraction of sp³-hybridized carbons (Fsp3) is 0.350. The molecule has 28 heavy (non-hydrogen) atoms. The highest BCUT2D eigenvalue weighted by Gasteiger charge is 2.29. The third-order valence-corrected chi connectivity index (χ3v) is 4.69. The average molecular weight is 384 g/mol. The van der Waals surface area contributed by atoms with Gasteiger partial charge in [-0.2, -0.15) is 0 Å². The Morgan fingerprint density at radius 2 is 1.86 bits per heavy atom. The van der Waals surface area contributed by atoms with E-state index in [0.29, 0.717) is 48.7 Å². The first-order chi connectivity index (χ1) is 13.4. The first-order valence-corrected chi connectivity index (χ1v) is 9.22. The van der Waals surface area contributed by atoms with Gasteiger partial charge in [-0.05, 0) is 44.9 Å². The average Bonchev–Trinajstić information content (AvgIpc) is 3.05. The number of rotatable bonds is 3. The van der Waals surface area contributed by atoms with Crippen LogP contribution in [0.5, 0.6) is 0 Å². The lowest BCUT2D eigenvalue weighted by molar-refractivity contribution is -0.127. The zero-order chi connectivity index (χ0) is 20.1. The summed E-state index contributed by atoms with van der Waals surface area (Å²) in [6, 6.07) is 10.5. The molecule has 0 radical (unpaired) electrons. The monoisotopic (exact) mass is 384 g/mol. The third-order valence-electron chi connectivity index (χ3n) is 4.69. The number of carbonyl (C=O) groups excluding carboxylic acids is 3. The summed E-state index contributed by atoms with van der Waals surface area (Å²) in [5, 5.41) is 2.83. The number of nitrogens with one attached hydrogen (secondary N) is 3. The lowest BCUT2D eigenvalue weighted by Crippen LogP contribution is -2.50. The number of furan rings is 1. The van der Waals surface area contributed by atoms with Gasteiger partial charge < -0.3 is 14.6 Å². The van der Waals surface area contributed by atoms with Crippen molar-refractivity contribution >= 4 is 23.5 Å². The number of para-hydroxylation sites is 1. The molecule has 3 N–H and O–H groups in total. The molecule has 1 saturated heterocycles. The van der Waals surface area contributed by atoms with Crippen molar-refractivity contribution in [2.45, 2.75) is 26.7 Å². The molecule has 1 fully saturated rings. The predicted octanol–water partition coefficient (Wildman–Crippen LogP) is 2.60. The summed E-state index contributed by atoms with van der Waals surface area (Å²) >= 11 is 0. The summed E-state index contributed by atoms with van der Waals surface area (Å²) in [5.74, 6) is -0.0182. The van der Waals surface area contributed by atoms with Gasteiger partial charge >= 0.3 is 6.03 Å². The van der Waals surface area contributed by atoms with Gasteiger partial charge in [0.1, 0.15) is 11.5 Å². The van der Waals surface area contributed by atoms with Crippen LogP contribution in [-0.4, -0.2) is 35.8 Å². The van der Waals surface area contributed by atoms with E-state index in [1.54, 1.807) is 36.9 Å². The normalized spacial score (nSPS) is 16.4. The zero-order valence-electron chi connectivity index (χ0n) is 16.0. The maximum absolute atomic E-state index is 12.4. The van der Waals surface area contributed by atoms with Crippen molar-refractivity contribution in [3.63, 3.8) is 0 Å². The lowest BCUT2D eigenvalue weighted by atomic mass is 9.98. The van der Waals surface area contributed by atoms with Gasteiger partial charge in [-0.15, -0.1) is 0 Å². The Hall–Kier alpha value is -3.29. The maximum atomic E-state index is 12.4. The Balaban J connectivity index is 1.52. The minimum Gasteiger partial charge on any atom is -0.466 e. The van der Waals surface area contributed by atoms with Crippen molar-refractivity contribution in [1.29, 1.82) is 0 Å². The molecule has 148 valence electrons. The number of urea groups is 1. The van der Waals surface area contributed by atoms with Gasteiger partial charge in [0.05, 0.1) is 11.5 Å². The van der Waals surface area contributed by atoms with Gasteiger partial charge in [-0.25, -0.2) is 4.79 Å². The van der Waals surface area contributed by atoms with E-state index in [2.05, 4.69) is 16.2 Å². The van der Waals surface area contributed by atoms with Gasteiger partial charge in [-0.1, -0.05) is 18.2 Å². The van der Waals surface area contributed by atoms with Crippen LogP contribution in [0.25, 0.3) is 0 Å². The number of hydrazine groups is 1. The second kappa shape index (κ2) is 8.60. The second-order valence-electron chi connectivity index (χ2n) is 6.85. The molecular weight excluding hydrogens is 360 g/mol. The van der Waals surface area contributed by atoms with E-state index in [4.69, 9.17) is 4.42 Å². The van der Waals surface area contributed by atoms with E-state index in [1.165, 1.54) is 0 Å². The fourth-order valence-corrected chi connectivity index (χ4v) is 3.24. The van der Waals surface area contributed by atoms with Crippen LogP contribution < -0.4 is 16.2 Å². The number of likely N-dealkylation sites (tertiary alicyclic amines) is 1. The minimum atomic E-state index is -0.433. The van der Waals surface area contributed by atoms with E-state index in [-0.39, 0.29) is 17.9 Å². The molecule has 0 bridgehead atoms. The van der Waals surface area contributed by atoms with Crippen LogP contribution in [0.4, 0.5) is 10.5 Å². The van der Waals surface area contributed by atoms with Crippen molar-refractivity contribution in [3.8, 4) is 0 Å². The number of carbonyl (C=O) groups is 3. The van der Waals surface area contributed by atoms with Gasteiger partial charge in [0, 0.05) is 18.8 Å². The Bertz CT molecular complexity index is 862. The van der Waals surface area contributed by atoms with Gasteiger partial charge in [-0.3, -0.25) is 20.4 Å². The number of amides is 4. The summed E-state index contributed by atoms with van der Waals surface area (Å²) in [7, 11) is 0. The number of aryl methyl sites for hydroxylation is 2. The van der Waals surface area contributed by atoms with Crippen LogP contribution in [0, 0.1) is 19.8 Å². The summed E-state index contributed by atoms with van der Waals surface area (Å²) in [6.45, 7) is 4.32. The predicted molar refractivity (Wildman–Crippen MR) is 104 cm³/mol. The molecular formula is C20H24N4O4. The largest absolute Gasteiger partial charge is 0.466 e. The van der Waals surface area contributed by atoms with Crippen molar-refractivity contribution in [2.24, 2.45) is 5.92 Å². The third kappa shape index (κ3) is 4.70. The van der Waals surface area contributed by atoms with Gasteiger partial charge in [0.15, 0.2) is 0 Å². The van der Waals surface area contributed by atoms with Crippen molar-refractivity contribution < 1.29 is 18.8 Å². The lowest BCUT2D eigenvalue weighted by Gasteiger charge is -2.32. The Kier molecular flexibility index (Phi) is 5.98. The first-order valence-electron chi connectivity index (χ1n) is 9.22. The van der Waals surface area contributed by atoms with Gasteiger partial charge in [0.2, 0.25) is 5.91 Å². The molecule has 4 amide bonds. The fourth-order valence-electron chi connectivity index (χ4n) is 3.24. The smallest absolute Gasteiger partial charge is 0.321 e. The number of piperidine rings is 1. The minimum absolute atomic E-state index is 0.239. The number of nitrogens with zero attached hydrogens (tertiary/aromatic N) is 1. The summed E-state index contributed by atoms with van der Waals surface area (Å²) in [5.41, 5.74) is 5.96. The zero-order valence-corrected chi connectivity index (χ0v) is 16.0. The number of benzene rings is 1. The van der Waals surface area contributed by atoms with E-state index in [1.807, 2.05) is 18.2 Å². The highest BCUT2D eigenvalue weighted by molar-refractivity contribution is 5.96. The van der Waals surface area contributed by atoms with E-state index < -0.39 is 5.91 Å². The number of hydrogen-bond acceptors (Lipinski definition) is 4. The molecule has 1 aliphatic heterocycles. The molecule has 0 aliphatic carbocycles. The van der Waals surface area contributed by atoms with Crippen LogP contribution in [0.1, 0.15) is 34.7 Å². The molecule has 2 aromatic rings. The molecule has 3 rings (SSSR count). The molecule has 2 heterocycles. The van der Waals surface area contributed by atoms with Crippen LogP contribution in [-0.2, 0) is 4.79 Å². The van der Waals surface area contributed by atoms with Crippen LogP contribution in [0.3, 0.4) is 0 Å². The van der Waals surface area contributed by atoms with Crippen molar-refractivity contribution in [1.82, 2.24) is 15.8 Å². The van der Waals surface area contributed by atoms with E-state index in [0.717, 1.165) is 0 Å². The molecule has 1 aromatic carbocycles. The SMILES string of the molecule is Cc1cc(C(=O)NNC(=O)C2CCCN(C(=O)Nc3ccccc3)C2)c(C)o1. The quantitative estimate of drug-likeness (QED) is 0.708. The Labute approximate surface area is 163 Å². The van der Waals surface area contributed by atoms with E-state index >= 15 is 0 Å². The molecule has 8 nitrogen and oxygen atoms in total. The van der Waals surface area contributed by atoms with Crippen LogP contribution in [0.2, 0.25) is 0 Å². The molecule has 1 unspecified atom stereocenters. The summed E-state index contributed by atoms with van der Waals surface area (Å²) < 4.78 is 5.32. The topological polar surface area (TPSA) is 104 Å². The standard InChI is InChI=1S/C20H24N4O4/c1-13-11-17(14(2)28-13)19(26)23-22-18(25)15-7-6-10-24(12-15)20(27)21-16-8-4-3-5-9-16/h3-5,8-9,11,15H,6-7,10,12H2,1-2H3,(H,21,27)(H,22,25)(H,23,26). The Morgan fingerprint density at radius 3 is 2.54 bits per heavy atom. The molecule has 0 saturated carbocycles. The van der Waals surface area contributed by atoms with Crippen LogP contribution >= 0.6 is 0 Å². The van der Waals surface area contributed by atoms with Gasteiger partial charge in [0.25, 0.3) is 5.91 Å². The van der Waals surface area contributed by atoms with Crippen LogP contribution in [0.15, 0.2) is 40.8 Å². The number of anilines is 1. The molecule has 0 spiro atoms. The Morgan fingerprint density at radius 1 is 1.11 bits per heavy atom. The summed E-state index contributed by atoms with van der Waals surface area (Å²) in [6.07, 6.45) is 1.37. The van der Waals surface area contributed by atoms with Crippen molar-refractivity contribution in [3.05, 3.63) is 53.5 Å². The summed E-state index contributed by atoms with van der Waals surface area (Å²) in [4.78, 5) is 38.7. The number of hydrogen-bond donors (Lipinski definition) is 3. The second-order valence-corrected chi connectivity index (χ2v) is 6.85. The van der Waals surface area contributed by atoms with E-state index in [9.17, 15) is 14.4 Å². The first kappa shape index (κ1) is 19.5.